The number of aromatic nitrogens is 1. The van der Waals surface area contributed by atoms with Crippen molar-refractivity contribution in [1.29, 1.82) is 0 Å². The number of thiazole rings is 1. The first-order valence-corrected chi connectivity index (χ1v) is 10.1. The SMILES string of the molecule is COC(=O)[C@H]1[C@H]2c3ccccc3O[C@@]1(C)N=c1s/c(=C\c3ccccc3)c(=O)n12. The summed E-state index contributed by atoms with van der Waals surface area (Å²) in [5.41, 5.74) is 0.394. The second-order valence-electron chi connectivity index (χ2n) is 7.23. The summed E-state index contributed by atoms with van der Waals surface area (Å²) in [6.07, 6.45) is 1.85. The molecule has 0 unspecified atom stereocenters. The zero-order valence-corrected chi connectivity index (χ0v) is 16.7. The molecule has 6 nitrogen and oxygen atoms in total. The highest BCUT2D eigenvalue weighted by Gasteiger charge is 2.55. The third-order valence-electron chi connectivity index (χ3n) is 5.43. The molecule has 0 radical (unpaired) electrons. The van der Waals surface area contributed by atoms with Crippen LogP contribution in [0.15, 0.2) is 64.4 Å². The summed E-state index contributed by atoms with van der Waals surface area (Å²) in [5.74, 6) is -0.582. The van der Waals surface area contributed by atoms with Crippen LogP contribution in [-0.2, 0) is 9.53 Å². The molecule has 3 aromatic rings. The summed E-state index contributed by atoms with van der Waals surface area (Å²) in [6, 6.07) is 16.6. The van der Waals surface area contributed by atoms with Crippen molar-refractivity contribution < 1.29 is 14.3 Å². The lowest BCUT2D eigenvalue weighted by molar-refractivity contribution is -0.158. The van der Waals surface area contributed by atoms with Crippen LogP contribution in [0.5, 0.6) is 5.75 Å². The average Bonchev–Trinajstić information content (AvgIpc) is 3.01. The molecule has 0 amide bonds. The number of benzene rings is 2. The summed E-state index contributed by atoms with van der Waals surface area (Å²) in [5, 5.41) is 0. The molecule has 5 rings (SSSR count). The van der Waals surface area contributed by atoms with E-state index in [0.29, 0.717) is 15.1 Å². The van der Waals surface area contributed by atoms with Gasteiger partial charge in [0.1, 0.15) is 11.7 Å². The Morgan fingerprint density at radius 1 is 1.21 bits per heavy atom. The number of esters is 1. The predicted molar refractivity (Wildman–Crippen MR) is 108 cm³/mol. The van der Waals surface area contributed by atoms with Crippen molar-refractivity contribution in [2.45, 2.75) is 18.7 Å². The molecule has 29 heavy (non-hydrogen) atoms. The van der Waals surface area contributed by atoms with E-state index in [4.69, 9.17) is 14.5 Å². The average molecular weight is 406 g/mol. The second-order valence-corrected chi connectivity index (χ2v) is 8.24. The molecule has 0 saturated carbocycles. The van der Waals surface area contributed by atoms with Gasteiger partial charge in [-0.15, -0.1) is 0 Å². The van der Waals surface area contributed by atoms with Gasteiger partial charge in [-0.2, -0.15) is 0 Å². The Hall–Kier alpha value is -3.19. The summed E-state index contributed by atoms with van der Waals surface area (Å²) in [7, 11) is 1.34. The lowest BCUT2D eigenvalue weighted by atomic mass is 9.81. The first-order chi connectivity index (χ1) is 14.0. The maximum absolute atomic E-state index is 13.4. The van der Waals surface area contributed by atoms with Gasteiger partial charge in [0.2, 0.25) is 5.72 Å². The van der Waals surface area contributed by atoms with Crippen molar-refractivity contribution in [1.82, 2.24) is 4.57 Å². The number of hydrogen-bond donors (Lipinski definition) is 0. The zero-order chi connectivity index (χ0) is 20.2. The Bertz CT molecular complexity index is 1290. The number of para-hydroxylation sites is 1. The molecule has 146 valence electrons. The van der Waals surface area contributed by atoms with Crippen molar-refractivity contribution in [2.75, 3.05) is 7.11 Å². The lowest BCUT2D eigenvalue weighted by Gasteiger charge is -2.44. The third-order valence-corrected chi connectivity index (χ3v) is 6.42. The normalized spacial score (nSPS) is 24.7. The number of rotatable bonds is 2. The number of ether oxygens (including phenoxy) is 2. The van der Waals surface area contributed by atoms with E-state index < -0.39 is 23.7 Å². The molecular formula is C22H18N2O4S. The van der Waals surface area contributed by atoms with Crippen LogP contribution in [0.3, 0.4) is 0 Å². The highest BCUT2D eigenvalue weighted by atomic mass is 32.1. The quantitative estimate of drug-likeness (QED) is 0.609. The molecular weight excluding hydrogens is 388 g/mol. The molecule has 0 saturated heterocycles. The van der Waals surface area contributed by atoms with Crippen LogP contribution in [0, 0.1) is 5.92 Å². The molecule has 0 fully saturated rings. The van der Waals surface area contributed by atoms with Crippen molar-refractivity contribution in [3.05, 3.63) is 85.4 Å². The Morgan fingerprint density at radius 2 is 1.93 bits per heavy atom. The van der Waals surface area contributed by atoms with Gasteiger partial charge in [0.05, 0.1) is 17.7 Å². The van der Waals surface area contributed by atoms with Gasteiger partial charge in [0, 0.05) is 5.56 Å². The Morgan fingerprint density at radius 3 is 2.69 bits per heavy atom. The van der Waals surface area contributed by atoms with Gasteiger partial charge in [-0.05, 0) is 24.6 Å². The minimum absolute atomic E-state index is 0.171. The topological polar surface area (TPSA) is 69.9 Å². The van der Waals surface area contributed by atoms with Gasteiger partial charge >= 0.3 is 5.97 Å². The minimum Gasteiger partial charge on any atom is -0.469 e. The highest BCUT2D eigenvalue weighted by molar-refractivity contribution is 7.07. The van der Waals surface area contributed by atoms with Gasteiger partial charge in [-0.1, -0.05) is 59.9 Å². The minimum atomic E-state index is -1.15. The van der Waals surface area contributed by atoms with Crippen molar-refractivity contribution in [2.24, 2.45) is 10.9 Å². The fourth-order valence-electron chi connectivity index (χ4n) is 4.13. The standard InChI is InChI=1S/C22H18N2O4S/c1-22-17(20(26)27-2)18(14-10-6-7-11-15(14)28-22)24-19(25)16(29-21(24)23-22)12-13-8-4-3-5-9-13/h3-12,17-18H,1-2H3/b16-12-/t17-,18-,22-/m1/s1. The van der Waals surface area contributed by atoms with E-state index in [0.717, 1.165) is 11.1 Å². The fraction of sp³-hybridized carbons (Fsp3) is 0.227. The van der Waals surface area contributed by atoms with E-state index in [1.807, 2.05) is 60.7 Å². The molecule has 0 aliphatic carbocycles. The molecule has 3 atom stereocenters. The Balaban J connectivity index is 1.81. The van der Waals surface area contributed by atoms with Crippen LogP contribution in [0.25, 0.3) is 6.08 Å². The number of nitrogens with zero attached hydrogens (tertiary/aromatic N) is 2. The summed E-state index contributed by atoms with van der Waals surface area (Å²) >= 11 is 1.30. The predicted octanol–water partition coefficient (Wildman–Crippen LogP) is 1.86. The Kier molecular flexibility index (Phi) is 3.96. The van der Waals surface area contributed by atoms with Crippen molar-refractivity contribution in [3.8, 4) is 5.75 Å². The zero-order valence-electron chi connectivity index (χ0n) is 15.9. The molecule has 1 aromatic heterocycles. The highest BCUT2D eigenvalue weighted by Crippen LogP contribution is 2.47. The number of carbonyl (C=O) groups excluding carboxylic acids is 1. The molecule has 7 heteroatoms. The van der Waals surface area contributed by atoms with Crippen molar-refractivity contribution in [3.63, 3.8) is 0 Å². The molecule has 0 N–H and O–H groups in total. The van der Waals surface area contributed by atoms with Crippen molar-refractivity contribution >= 4 is 23.4 Å². The van der Waals surface area contributed by atoms with Gasteiger partial charge < -0.3 is 9.47 Å². The summed E-state index contributed by atoms with van der Waals surface area (Å²) < 4.78 is 13.4. The van der Waals surface area contributed by atoms with Gasteiger partial charge in [-0.25, -0.2) is 4.99 Å². The number of methoxy groups -OCH3 is 1. The molecule has 2 bridgehead atoms. The Labute approximate surface area is 170 Å². The number of fused-ring (bicyclic) bond motifs is 6. The van der Waals surface area contributed by atoms with Crippen LogP contribution < -0.4 is 19.6 Å². The molecule has 3 heterocycles. The number of hydrogen-bond acceptors (Lipinski definition) is 6. The lowest BCUT2D eigenvalue weighted by Crippen LogP contribution is -2.58. The molecule has 2 aliphatic rings. The van der Waals surface area contributed by atoms with E-state index in [1.165, 1.54) is 18.4 Å². The second kappa shape index (κ2) is 6.42. The molecule has 2 aliphatic heterocycles. The first kappa shape index (κ1) is 17.9. The van der Waals surface area contributed by atoms with E-state index in [1.54, 1.807) is 11.5 Å². The fourth-order valence-corrected chi connectivity index (χ4v) is 5.23. The molecule has 0 spiro atoms. The first-order valence-electron chi connectivity index (χ1n) is 9.25. The largest absolute Gasteiger partial charge is 0.469 e. The van der Waals surface area contributed by atoms with Gasteiger partial charge in [0.25, 0.3) is 5.56 Å². The van der Waals surface area contributed by atoms with Crippen LogP contribution in [-0.4, -0.2) is 23.4 Å². The van der Waals surface area contributed by atoms with Crippen LogP contribution >= 0.6 is 11.3 Å². The smallest absolute Gasteiger partial charge is 0.317 e. The maximum atomic E-state index is 13.4. The summed E-state index contributed by atoms with van der Waals surface area (Å²) in [4.78, 5) is 31.4. The molecule has 2 aromatic carbocycles. The van der Waals surface area contributed by atoms with Gasteiger partial charge in [-0.3, -0.25) is 14.2 Å². The van der Waals surface area contributed by atoms with E-state index in [2.05, 4.69) is 0 Å². The maximum Gasteiger partial charge on any atom is 0.317 e. The van der Waals surface area contributed by atoms with Crippen LogP contribution in [0.4, 0.5) is 0 Å². The van der Waals surface area contributed by atoms with E-state index in [9.17, 15) is 9.59 Å². The van der Waals surface area contributed by atoms with Crippen LogP contribution in [0.1, 0.15) is 24.1 Å². The third kappa shape index (κ3) is 2.65. The van der Waals surface area contributed by atoms with E-state index >= 15 is 0 Å². The monoisotopic (exact) mass is 406 g/mol. The van der Waals surface area contributed by atoms with Crippen LogP contribution in [0.2, 0.25) is 0 Å². The van der Waals surface area contributed by atoms with E-state index in [-0.39, 0.29) is 5.56 Å². The summed E-state index contributed by atoms with van der Waals surface area (Å²) in [6.45, 7) is 1.77. The van der Waals surface area contributed by atoms with Gasteiger partial charge in [0.15, 0.2) is 4.80 Å². The number of carbonyl (C=O) groups is 1.